The summed E-state index contributed by atoms with van der Waals surface area (Å²) in [6, 6.07) is 15.9. The molecule has 0 spiro atoms. The first-order valence-corrected chi connectivity index (χ1v) is 9.12. The number of benzene rings is 2. The maximum absolute atomic E-state index is 11.9. The van der Waals surface area contributed by atoms with Crippen molar-refractivity contribution in [2.45, 2.75) is 12.1 Å². The molecular weight excluding hydrogens is 334 g/mol. The average molecular weight is 355 g/mol. The van der Waals surface area contributed by atoms with E-state index in [-0.39, 0.29) is 5.91 Å². The second kappa shape index (κ2) is 7.61. The van der Waals surface area contributed by atoms with Gasteiger partial charge >= 0.3 is 0 Å². The van der Waals surface area contributed by atoms with Gasteiger partial charge in [-0.1, -0.05) is 23.9 Å². The second-order valence-corrected chi connectivity index (χ2v) is 6.66. The molecule has 25 heavy (non-hydrogen) atoms. The molecule has 130 valence electrons. The minimum Gasteiger partial charge on any atom is -0.494 e. The minimum atomic E-state index is 0.0651. The number of ether oxygens (including phenoxy) is 1. The number of para-hydroxylation sites is 2. The molecular formula is C19H21N3O2S. The zero-order valence-electron chi connectivity index (χ0n) is 14.6. The summed E-state index contributed by atoms with van der Waals surface area (Å²) in [5, 5.41) is 0.806. The van der Waals surface area contributed by atoms with Crippen molar-refractivity contribution in [1.82, 2.24) is 14.5 Å². The smallest absolute Gasteiger partial charge is 0.232 e. The summed E-state index contributed by atoms with van der Waals surface area (Å²) in [6.07, 6.45) is 0. The molecule has 3 rings (SSSR count). The Morgan fingerprint density at radius 3 is 2.56 bits per heavy atom. The first-order valence-electron chi connectivity index (χ1n) is 8.14. The average Bonchev–Trinajstić information content (AvgIpc) is 2.99. The van der Waals surface area contributed by atoms with E-state index in [4.69, 9.17) is 9.72 Å². The van der Waals surface area contributed by atoms with Crippen molar-refractivity contribution in [2.24, 2.45) is 0 Å². The summed E-state index contributed by atoms with van der Waals surface area (Å²) in [6.45, 7) is 2.61. The van der Waals surface area contributed by atoms with Gasteiger partial charge in [0.05, 0.1) is 23.4 Å². The van der Waals surface area contributed by atoms with Crippen molar-refractivity contribution < 1.29 is 9.53 Å². The van der Waals surface area contributed by atoms with Crippen LogP contribution in [-0.4, -0.2) is 46.8 Å². The Bertz CT molecular complexity index is 872. The van der Waals surface area contributed by atoms with E-state index in [1.807, 2.05) is 55.5 Å². The Morgan fingerprint density at radius 1 is 1.16 bits per heavy atom. The lowest BCUT2D eigenvalue weighted by Gasteiger charge is -2.12. The quantitative estimate of drug-likeness (QED) is 0.634. The lowest BCUT2D eigenvalue weighted by atomic mass is 10.2. The molecule has 1 aromatic heterocycles. The fourth-order valence-corrected chi connectivity index (χ4v) is 3.47. The highest BCUT2D eigenvalue weighted by atomic mass is 32.2. The van der Waals surface area contributed by atoms with Crippen molar-refractivity contribution in [3.05, 3.63) is 48.5 Å². The number of rotatable bonds is 6. The van der Waals surface area contributed by atoms with Gasteiger partial charge < -0.3 is 9.64 Å². The van der Waals surface area contributed by atoms with Crippen LogP contribution < -0.4 is 4.74 Å². The molecule has 0 saturated heterocycles. The molecule has 0 bridgehead atoms. The molecule has 0 fully saturated rings. The number of imidazole rings is 1. The van der Waals surface area contributed by atoms with Crippen LogP contribution in [0.5, 0.6) is 5.75 Å². The van der Waals surface area contributed by atoms with Gasteiger partial charge in [0.25, 0.3) is 0 Å². The number of hydrogen-bond donors (Lipinski definition) is 0. The van der Waals surface area contributed by atoms with Gasteiger partial charge in [-0.25, -0.2) is 4.98 Å². The largest absolute Gasteiger partial charge is 0.494 e. The number of carbonyl (C=O) groups is 1. The molecule has 0 aliphatic carbocycles. The number of fused-ring (bicyclic) bond motifs is 1. The number of amides is 1. The topological polar surface area (TPSA) is 47.4 Å². The number of nitrogens with zero attached hydrogens (tertiary/aromatic N) is 3. The van der Waals surface area contributed by atoms with E-state index in [1.165, 1.54) is 11.8 Å². The fourth-order valence-electron chi connectivity index (χ4n) is 2.46. The van der Waals surface area contributed by atoms with Gasteiger partial charge in [0.15, 0.2) is 5.16 Å². The van der Waals surface area contributed by atoms with Gasteiger partial charge in [0.2, 0.25) is 5.91 Å². The molecule has 1 heterocycles. The van der Waals surface area contributed by atoms with Crippen LogP contribution in [0.2, 0.25) is 0 Å². The maximum atomic E-state index is 11.9. The van der Waals surface area contributed by atoms with Crippen LogP contribution in [0, 0.1) is 0 Å². The molecule has 3 aromatic rings. The molecule has 2 aromatic carbocycles. The van der Waals surface area contributed by atoms with Crippen LogP contribution in [0.1, 0.15) is 6.92 Å². The first kappa shape index (κ1) is 17.4. The van der Waals surface area contributed by atoms with Crippen LogP contribution in [0.3, 0.4) is 0 Å². The third-order valence-electron chi connectivity index (χ3n) is 3.76. The summed E-state index contributed by atoms with van der Waals surface area (Å²) in [5.41, 5.74) is 2.93. The molecule has 0 atom stereocenters. The third-order valence-corrected chi connectivity index (χ3v) is 4.68. The Labute approximate surface area is 151 Å². The maximum Gasteiger partial charge on any atom is 0.232 e. The summed E-state index contributed by atoms with van der Waals surface area (Å²) >= 11 is 1.45. The van der Waals surface area contributed by atoms with E-state index in [9.17, 15) is 4.79 Å². The number of aromatic nitrogens is 2. The minimum absolute atomic E-state index is 0.0651. The first-order chi connectivity index (χ1) is 12.1. The van der Waals surface area contributed by atoms with Crippen LogP contribution in [-0.2, 0) is 4.79 Å². The Balaban J connectivity index is 1.99. The molecule has 0 unspecified atom stereocenters. The van der Waals surface area contributed by atoms with Crippen molar-refractivity contribution >= 4 is 28.7 Å². The molecule has 6 heteroatoms. The normalized spacial score (nSPS) is 10.8. The summed E-state index contributed by atoms with van der Waals surface area (Å²) in [7, 11) is 3.52. The molecule has 0 saturated carbocycles. The molecule has 0 aliphatic heterocycles. The molecule has 0 aliphatic rings. The van der Waals surface area contributed by atoms with Gasteiger partial charge in [0.1, 0.15) is 5.75 Å². The monoisotopic (exact) mass is 355 g/mol. The van der Waals surface area contributed by atoms with Crippen LogP contribution in [0.25, 0.3) is 16.7 Å². The second-order valence-electron chi connectivity index (χ2n) is 5.72. The zero-order valence-corrected chi connectivity index (χ0v) is 15.4. The summed E-state index contributed by atoms with van der Waals surface area (Å²) in [5.74, 6) is 1.26. The summed E-state index contributed by atoms with van der Waals surface area (Å²) in [4.78, 5) is 18.2. The highest BCUT2D eigenvalue weighted by Gasteiger charge is 2.15. The van der Waals surface area contributed by atoms with Gasteiger partial charge in [-0.05, 0) is 43.3 Å². The van der Waals surface area contributed by atoms with Crippen LogP contribution in [0.4, 0.5) is 0 Å². The lowest BCUT2D eigenvalue weighted by Crippen LogP contribution is -2.23. The van der Waals surface area contributed by atoms with E-state index in [0.717, 1.165) is 27.6 Å². The van der Waals surface area contributed by atoms with E-state index < -0.39 is 0 Å². The Hall–Kier alpha value is -2.47. The highest BCUT2D eigenvalue weighted by molar-refractivity contribution is 7.99. The van der Waals surface area contributed by atoms with Crippen molar-refractivity contribution in [1.29, 1.82) is 0 Å². The predicted molar refractivity (Wildman–Crippen MR) is 102 cm³/mol. The predicted octanol–water partition coefficient (Wildman–Crippen LogP) is 3.60. The lowest BCUT2D eigenvalue weighted by molar-refractivity contribution is -0.125. The molecule has 5 nitrogen and oxygen atoms in total. The van der Waals surface area contributed by atoms with Gasteiger partial charge in [0, 0.05) is 19.8 Å². The molecule has 0 radical (unpaired) electrons. The standard InChI is InChI=1S/C19H21N3O2S/c1-4-24-15-11-9-14(10-12-15)22-17-8-6-5-7-16(17)20-19(22)25-13-18(23)21(2)3/h5-12H,4,13H2,1-3H3. The van der Waals surface area contributed by atoms with Gasteiger partial charge in [-0.15, -0.1) is 0 Å². The third kappa shape index (κ3) is 3.79. The highest BCUT2D eigenvalue weighted by Crippen LogP contribution is 2.29. The Kier molecular flexibility index (Phi) is 5.28. The summed E-state index contributed by atoms with van der Waals surface area (Å²) < 4.78 is 7.60. The van der Waals surface area contributed by atoms with E-state index in [1.54, 1.807) is 19.0 Å². The zero-order chi connectivity index (χ0) is 17.8. The van der Waals surface area contributed by atoms with Crippen molar-refractivity contribution in [3.8, 4) is 11.4 Å². The SMILES string of the molecule is CCOc1ccc(-n2c(SCC(=O)N(C)C)nc3ccccc32)cc1. The fraction of sp³-hybridized carbons (Fsp3) is 0.263. The van der Waals surface area contributed by atoms with E-state index >= 15 is 0 Å². The van der Waals surface area contributed by atoms with Crippen molar-refractivity contribution in [3.63, 3.8) is 0 Å². The van der Waals surface area contributed by atoms with Gasteiger partial charge in [-0.3, -0.25) is 9.36 Å². The Morgan fingerprint density at radius 2 is 1.88 bits per heavy atom. The van der Waals surface area contributed by atoms with E-state index in [2.05, 4.69) is 4.57 Å². The van der Waals surface area contributed by atoms with Crippen LogP contribution in [0.15, 0.2) is 53.7 Å². The van der Waals surface area contributed by atoms with Gasteiger partial charge in [-0.2, -0.15) is 0 Å². The molecule has 1 amide bonds. The van der Waals surface area contributed by atoms with E-state index in [0.29, 0.717) is 12.4 Å². The number of hydrogen-bond acceptors (Lipinski definition) is 4. The van der Waals surface area contributed by atoms with Crippen LogP contribution >= 0.6 is 11.8 Å². The molecule has 0 N–H and O–H groups in total. The van der Waals surface area contributed by atoms with Crippen molar-refractivity contribution in [2.75, 3.05) is 26.5 Å². The number of carbonyl (C=O) groups excluding carboxylic acids is 1. The number of thioether (sulfide) groups is 1.